The quantitative estimate of drug-likeness (QED) is 0.354. The van der Waals surface area contributed by atoms with Gasteiger partial charge in [0.2, 0.25) is 10.0 Å². The summed E-state index contributed by atoms with van der Waals surface area (Å²) in [6.07, 6.45) is 2.27. The van der Waals surface area contributed by atoms with E-state index in [4.69, 9.17) is 0 Å². The van der Waals surface area contributed by atoms with Crippen LogP contribution in [0.1, 0.15) is 5.56 Å². The highest BCUT2D eigenvalue weighted by Gasteiger charge is 2.22. The number of anilines is 1. The lowest BCUT2D eigenvalue weighted by Gasteiger charge is -2.23. The summed E-state index contributed by atoms with van der Waals surface area (Å²) in [6.45, 7) is -0.473. The number of benzene rings is 3. The van der Waals surface area contributed by atoms with Crippen molar-refractivity contribution in [3.8, 4) is 0 Å². The number of nitrogens with zero attached hydrogens (tertiary/aromatic N) is 3. The molecule has 0 aliphatic rings. The Labute approximate surface area is 172 Å². The first-order chi connectivity index (χ1) is 14.3. The van der Waals surface area contributed by atoms with Gasteiger partial charge >= 0.3 is 0 Å². The molecule has 0 aliphatic carbocycles. The average Bonchev–Trinajstić information content (AvgIpc) is 2.71. The summed E-state index contributed by atoms with van der Waals surface area (Å²) in [5.41, 5.74) is 2.95. The summed E-state index contributed by atoms with van der Waals surface area (Å²) in [5.74, 6) is -0.657. The molecule has 0 spiro atoms. The molecule has 0 heterocycles. The molecule has 1 amide bonds. The largest absolute Gasteiger partial charge is 0.271 e. The van der Waals surface area contributed by atoms with Crippen molar-refractivity contribution in [1.82, 2.24) is 5.43 Å². The third kappa shape index (κ3) is 4.97. The maximum absolute atomic E-state index is 12.4. The van der Waals surface area contributed by atoms with Crippen LogP contribution in [0.3, 0.4) is 0 Å². The zero-order valence-electron chi connectivity index (χ0n) is 15.9. The lowest BCUT2D eigenvalue weighted by Crippen LogP contribution is -2.39. The average molecular weight is 426 g/mol. The predicted octanol–water partition coefficient (Wildman–Crippen LogP) is 2.66. The zero-order valence-corrected chi connectivity index (χ0v) is 16.7. The molecule has 3 aromatic rings. The zero-order chi connectivity index (χ0) is 21.7. The minimum Gasteiger partial charge on any atom is -0.271 e. The molecule has 0 unspecified atom stereocenters. The van der Waals surface area contributed by atoms with Crippen LogP contribution in [0.15, 0.2) is 71.8 Å². The van der Waals surface area contributed by atoms with Crippen LogP contribution < -0.4 is 9.73 Å². The number of hydrogen-bond acceptors (Lipinski definition) is 6. The van der Waals surface area contributed by atoms with E-state index in [9.17, 15) is 23.3 Å². The van der Waals surface area contributed by atoms with Gasteiger partial charge in [-0.2, -0.15) is 5.10 Å². The first kappa shape index (κ1) is 20.9. The van der Waals surface area contributed by atoms with Gasteiger partial charge in [-0.1, -0.05) is 48.5 Å². The van der Waals surface area contributed by atoms with E-state index in [1.807, 2.05) is 18.2 Å². The summed E-state index contributed by atoms with van der Waals surface area (Å²) >= 11 is 0. The molecule has 1 N–H and O–H groups in total. The van der Waals surface area contributed by atoms with Gasteiger partial charge in [0, 0.05) is 23.1 Å². The fourth-order valence-corrected chi connectivity index (χ4v) is 3.74. The number of amides is 1. The number of hydrazone groups is 1. The second-order valence-electron chi connectivity index (χ2n) is 6.41. The number of carbonyl (C=O) groups excluding carboxylic acids is 1. The van der Waals surface area contributed by atoms with Crippen LogP contribution in [0.5, 0.6) is 0 Å². The number of nitro benzene ring substituents is 1. The summed E-state index contributed by atoms with van der Waals surface area (Å²) in [7, 11) is -3.75. The highest BCUT2D eigenvalue weighted by atomic mass is 32.2. The number of non-ortho nitro benzene ring substituents is 1. The standard InChI is InChI=1S/C20H18N4O5S/c1-30(28,29)23(19-11-5-8-16-7-2-3-10-18(16)19)14-20(25)22-21-13-15-6-4-9-17(12-15)24(26)27/h2-13H,14H2,1H3,(H,22,25)/b21-13-. The molecule has 0 aliphatic heterocycles. The fraction of sp³-hybridized carbons (Fsp3) is 0.100. The van der Waals surface area contributed by atoms with E-state index in [0.29, 0.717) is 16.6 Å². The van der Waals surface area contributed by atoms with Gasteiger partial charge < -0.3 is 0 Å². The molecule has 0 atom stereocenters. The molecule has 3 aromatic carbocycles. The van der Waals surface area contributed by atoms with Crippen LogP contribution >= 0.6 is 0 Å². The molecule has 3 rings (SSSR count). The SMILES string of the molecule is CS(=O)(=O)N(CC(=O)N/N=C\c1cccc([N+](=O)[O-])c1)c1cccc2ccccc12. The summed E-state index contributed by atoms with van der Waals surface area (Å²) in [6, 6.07) is 18.2. The van der Waals surface area contributed by atoms with Crippen molar-refractivity contribution in [2.75, 3.05) is 17.1 Å². The van der Waals surface area contributed by atoms with Crippen LogP contribution in [0.2, 0.25) is 0 Å². The number of fused-ring (bicyclic) bond motifs is 1. The second-order valence-corrected chi connectivity index (χ2v) is 8.32. The minimum absolute atomic E-state index is 0.107. The van der Waals surface area contributed by atoms with Crippen molar-refractivity contribution in [3.63, 3.8) is 0 Å². The second kappa shape index (κ2) is 8.70. The monoisotopic (exact) mass is 426 g/mol. The number of nitrogens with one attached hydrogen (secondary N) is 1. The highest BCUT2D eigenvalue weighted by molar-refractivity contribution is 7.92. The topological polar surface area (TPSA) is 122 Å². The third-order valence-electron chi connectivity index (χ3n) is 4.21. The Kier molecular flexibility index (Phi) is 6.07. The van der Waals surface area contributed by atoms with Gasteiger partial charge in [-0.25, -0.2) is 13.8 Å². The molecule has 0 fully saturated rings. The molecule has 154 valence electrons. The first-order valence-corrected chi connectivity index (χ1v) is 10.6. The molecule has 9 nitrogen and oxygen atoms in total. The number of hydrogen-bond donors (Lipinski definition) is 1. The maximum atomic E-state index is 12.4. The fourth-order valence-electron chi connectivity index (χ4n) is 2.87. The van der Waals surface area contributed by atoms with Crippen LogP contribution in [-0.4, -0.2) is 38.3 Å². The molecular weight excluding hydrogens is 408 g/mol. The van der Waals surface area contributed by atoms with E-state index in [1.54, 1.807) is 30.3 Å². The summed E-state index contributed by atoms with van der Waals surface area (Å²) in [5, 5.41) is 16.1. The predicted molar refractivity (Wildman–Crippen MR) is 115 cm³/mol. The molecule has 30 heavy (non-hydrogen) atoms. The third-order valence-corrected chi connectivity index (χ3v) is 5.33. The Hall–Kier alpha value is -3.79. The molecule has 0 saturated heterocycles. The van der Waals surface area contributed by atoms with Gasteiger partial charge in [-0.3, -0.25) is 19.2 Å². The van der Waals surface area contributed by atoms with Gasteiger partial charge in [0.15, 0.2) is 0 Å². The van der Waals surface area contributed by atoms with Crippen molar-refractivity contribution in [1.29, 1.82) is 0 Å². The molecule has 0 aromatic heterocycles. The van der Waals surface area contributed by atoms with Crippen LogP contribution in [0.25, 0.3) is 10.8 Å². The van der Waals surface area contributed by atoms with Gasteiger partial charge in [0.25, 0.3) is 11.6 Å². The van der Waals surface area contributed by atoms with E-state index in [1.165, 1.54) is 24.4 Å². The van der Waals surface area contributed by atoms with E-state index in [2.05, 4.69) is 10.5 Å². The Balaban J connectivity index is 1.78. The Bertz CT molecular complexity index is 1240. The van der Waals surface area contributed by atoms with Crippen LogP contribution in [0.4, 0.5) is 11.4 Å². The van der Waals surface area contributed by atoms with E-state index >= 15 is 0 Å². The van der Waals surface area contributed by atoms with Crippen molar-refractivity contribution >= 4 is 44.3 Å². The van der Waals surface area contributed by atoms with Crippen LogP contribution in [-0.2, 0) is 14.8 Å². The molecule has 10 heteroatoms. The summed E-state index contributed by atoms with van der Waals surface area (Å²) in [4.78, 5) is 22.6. The maximum Gasteiger partial charge on any atom is 0.270 e. The molecule has 0 bridgehead atoms. The molecule has 0 saturated carbocycles. The van der Waals surface area contributed by atoms with Crippen molar-refractivity contribution < 1.29 is 18.1 Å². The lowest BCUT2D eigenvalue weighted by atomic mass is 10.1. The number of sulfonamides is 1. The van der Waals surface area contributed by atoms with Crippen molar-refractivity contribution in [2.45, 2.75) is 0 Å². The van der Waals surface area contributed by atoms with Crippen molar-refractivity contribution in [3.05, 3.63) is 82.4 Å². The van der Waals surface area contributed by atoms with E-state index in [-0.39, 0.29) is 5.69 Å². The normalized spacial score (nSPS) is 11.5. The minimum atomic E-state index is -3.75. The first-order valence-electron chi connectivity index (χ1n) is 8.77. The Morgan fingerprint density at radius 3 is 2.57 bits per heavy atom. The number of nitro groups is 1. The summed E-state index contributed by atoms with van der Waals surface area (Å²) < 4.78 is 25.7. The van der Waals surface area contributed by atoms with E-state index in [0.717, 1.165) is 15.9 Å². The number of rotatable bonds is 7. The van der Waals surface area contributed by atoms with Crippen molar-refractivity contribution in [2.24, 2.45) is 5.10 Å². The smallest absolute Gasteiger partial charge is 0.270 e. The molecule has 0 radical (unpaired) electrons. The lowest BCUT2D eigenvalue weighted by molar-refractivity contribution is -0.384. The van der Waals surface area contributed by atoms with Gasteiger partial charge in [-0.15, -0.1) is 0 Å². The van der Waals surface area contributed by atoms with Gasteiger partial charge in [-0.05, 0) is 11.5 Å². The van der Waals surface area contributed by atoms with E-state index < -0.39 is 27.4 Å². The highest BCUT2D eigenvalue weighted by Crippen LogP contribution is 2.28. The van der Waals surface area contributed by atoms with Crippen LogP contribution in [0, 0.1) is 10.1 Å². The Morgan fingerprint density at radius 2 is 1.83 bits per heavy atom. The number of carbonyl (C=O) groups is 1. The Morgan fingerprint density at radius 1 is 1.13 bits per heavy atom. The van der Waals surface area contributed by atoms with Gasteiger partial charge in [0.05, 0.1) is 23.1 Å². The molecular formula is C20H18N4O5S. The van der Waals surface area contributed by atoms with Gasteiger partial charge in [0.1, 0.15) is 6.54 Å².